The third-order valence-electron chi connectivity index (χ3n) is 3.44. The van der Waals surface area contributed by atoms with Crippen LogP contribution in [0.4, 0.5) is 0 Å². The van der Waals surface area contributed by atoms with E-state index in [2.05, 4.69) is 9.82 Å². The molecular weight excluding hydrogens is 278 g/mol. The monoisotopic (exact) mass is 299 g/mol. The summed E-state index contributed by atoms with van der Waals surface area (Å²) in [7, 11) is -3.23. The van der Waals surface area contributed by atoms with Crippen molar-refractivity contribution >= 4 is 10.0 Å². The molecule has 6 nitrogen and oxygen atoms in total. The van der Waals surface area contributed by atoms with Crippen molar-refractivity contribution in [2.45, 2.75) is 45.6 Å². The Morgan fingerprint density at radius 3 is 2.95 bits per heavy atom. The zero-order chi connectivity index (χ0) is 14.6. The first-order valence-corrected chi connectivity index (χ1v) is 8.74. The minimum absolute atomic E-state index is 0.135. The van der Waals surface area contributed by atoms with Crippen LogP contribution in [0, 0.1) is 0 Å². The Morgan fingerprint density at radius 1 is 1.40 bits per heavy atom. The first-order valence-electron chi connectivity index (χ1n) is 7.09. The van der Waals surface area contributed by atoms with Gasteiger partial charge in [0.25, 0.3) is 5.56 Å². The molecule has 0 fully saturated rings. The maximum Gasteiger partial charge on any atom is 0.267 e. The molecule has 20 heavy (non-hydrogen) atoms. The van der Waals surface area contributed by atoms with Crippen LogP contribution in [0.15, 0.2) is 10.9 Å². The van der Waals surface area contributed by atoms with Crippen LogP contribution in [-0.4, -0.2) is 30.5 Å². The van der Waals surface area contributed by atoms with E-state index < -0.39 is 10.0 Å². The fraction of sp³-hybridized carbons (Fsp3) is 0.692. The van der Waals surface area contributed by atoms with Gasteiger partial charge in [-0.25, -0.2) is 17.8 Å². The van der Waals surface area contributed by atoms with Gasteiger partial charge in [-0.15, -0.1) is 0 Å². The van der Waals surface area contributed by atoms with E-state index in [1.165, 1.54) is 4.68 Å². The van der Waals surface area contributed by atoms with Crippen LogP contribution in [-0.2, 0) is 29.4 Å². The van der Waals surface area contributed by atoms with E-state index in [9.17, 15) is 13.2 Å². The van der Waals surface area contributed by atoms with Gasteiger partial charge in [0.1, 0.15) is 0 Å². The number of hydrogen-bond donors (Lipinski definition) is 1. The topological polar surface area (TPSA) is 81.1 Å². The van der Waals surface area contributed by atoms with Gasteiger partial charge in [0.2, 0.25) is 10.0 Å². The number of nitrogens with zero attached hydrogens (tertiary/aromatic N) is 2. The van der Waals surface area contributed by atoms with E-state index in [1.54, 1.807) is 6.07 Å². The fourth-order valence-electron chi connectivity index (χ4n) is 2.31. The zero-order valence-corrected chi connectivity index (χ0v) is 12.6. The molecule has 0 aromatic carbocycles. The normalized spacial score (nSPS) is 14.4. The number of unbranched alkanes of at least 4 members (excludes halogenated alkanes) is 1. The maximum atomic E-state index is 11.8. The van der Waals surface area contributed by atoms with Gasteiger partial charge in [-0.3, -0.25) is 4.79 Å². The minimum atomic E-state index is -3.23. The van der Waals surface area contributed by atoms with Crippen LogP contribution in [0.25, 0.3) is 0 Å². The Bertz CT molecular complexity index is 622. The van der Waals surface area contributed by atoms with E-state index in [4.69, 9.17) is 0 Å². The number of rotatable bonds is 7. The highest BCUT2D eigenvalue weighted by atomic mass is 32.2. The molecule has 7 heteroatoms. The van der Waals surface area contributed by atoms with Gasteiger partial charge in [-0.1, -0.05) is 13.3 Å². The average Bonchev–Trinajstić information content (AvgIpc) is 2.83. The second kappa shape index (κ2) is 6.49. The third-order valence-corrected chi connectivity index (χ3v) is 4.91. The first kappa shape index (κ1) is 15.2. The summed E-state index contributed by atoms with van der Waals surface area (Å²) in [4.78, 5) is 11.8. The summed E-state index contributed by atoms with van der Waals surface area (Å²) in [6.07, 6.45) is 4.34. The van der Waals surface area contributed by atoms with E-state index in [1.807, 2.05) is 6.92 Å². The molecule has 0 unspecified atom stereocenters. The number of sulfonamides is 1. The summed E-state index contributed by atoms with van der Waals surface area (Å²) in [6, 6.07) is 1.63. The lowest BCUT2D eigenvalue weighted by Crippen LogP contribution is -2.33. The summed E-state index contributed by atoms with van der Waals surface area (Å²) >= 11 is 0. The van der Waals surface area contributed by atoms with Crippen LogP contribution >= 0.6 is 0 Å². The number of fused-ring (bicyclic) bond motifs is 1. The highest BCUT2D eigenvalue weighted by Crippen LogP contribution is 2.16. The average molecular weight is 299 g/mol. The molecule has 1 N–H and O–H groups in total. The Hall–Kier alpha value is -1.21. The molecule has 0 bridgehead atoms. The molecule has 1 aromatic heterocycles. The van der Waals surface area contributed by atoms with Crippen molar-refractivity contribution in [2.75, 3.05) is 12.3 Å². The predicted octanol–water partition coefficient (Wildman–Crippen LogP) is 0.451. The standard InChI is InChI=1S/C13H21N3O3S/c1-2-3-9-20(18,19)14-7-8-16-13(17)10-11-5-4-6-12(11)15-16/h10,14H,2-9H2,1H3. The molecule has 0 atom stereocenters. The van der Waals surface area contributed by atoms with Crippen molar-refractivity contribution in [1.82, 2.24) is 14.5 Å². The molecule has 1 aliphatic rings. The van der Waals surface area contributed by atoms with E-state index in [0.717, 1.165) is 36.9 Å². The molecule has 1 heterocycles. The number of aromatic nitrogens is 2. The lowest BCUT2D eigenvalue weighted by Gasteiger charge is -2.08. The molecular formula is C13H21N3O3S. The molecule has 1 aromatic rings. The Labute approximate surface area is 119 Å². The molecule has 0 aliphatic heterocycles. The van der Waals surface area contributed by atoms with Gasteiger partial charge in [0, 0.05) is 12.6 Å². The third kappa shape index (κ3) is 3.89. The molecule has 0 radical (unpaired) electrons. The first-order chi connectivity index (χ1) is 9.52. The second-order valence-corrected chi connectivity index (χ2v) is 7.02. The number of aryl methyl sites for hydroxylation is 2. The van der Waals surface area contributed by atoms with Crippen LogP contribution < -0.4 is 10.3 Å². The molecule has 112 valence electrons. The van der Waals surface area contributed by atoms with Crippen LogP contribution in [0.2, 0.25) is 0 Å². The molecule has 0 saturated heterocycles. The van der Waals surface area contributed by atoms with Gasteiger partial charge in [-0.05, 0) is 31.2 Å². The lowest BCUT2D eigenvalue weighted by atomic mass is 10.2. The van der Waals surface area contributed by atoms with Gasteiger partial charge in [0.15, 0.2) is 0 Å². The zero-order valence-electron chi connectivity index (χ0n) is 11.8. The van der Waals surface area contributed by atoms with Crippen molar-refractivity contribution in [3.05, 3.63) is 27.7 Å². The quantitative estimate of drug-likeness (QED) is 0.792. The van der Waals surface area contributed by atoms with Crippen molar-refractivity contribution in [3.63, 3.8) is 0 Å². The smallest absolute Gasteiger partial charge is 0.267 e. The van der Waals surface area contributed by atoms with Gasteiger partial charge >= 0.3 is 0 Å². The largest absolute Gasteiger partial charge is 0.268 e. The van der Waals surface area contributed by atoms with Crippen molar-refractivity contribution in [2.24, 2.45) is 0 Å². The van der Waals surface area contributed by atoms with Crippen molar-refractivity contribution in [1.29, 1.82) is 0 Å². The van der Waals surface area contributed by atoms with E-state index in [0.29, 0.717) is 6.42 Å². The summed E-state index contributed by atoms with van der Waals surface area (Å²) in [5.74, 6) is 0.135. The van der Waals surface area contributed by atoms with Gasteiger partial charge in [0.05, 0.1) is 18.0 Å². The Morgan fingerprint density at radius 2 is 2.20 bits per heavy atom. The fourth-order valence-corrected chi connectivity index (χ4v) is 3.53. The molecule has 0 amide bonds. The summed E-state index contributed by atoms with van der Waals surface area (Å²) in [5, 5.41) is 4.30. The maximum absolute atomic E-state index is 11.8. The Balaban J connectivity index is 1.93. The van der Waals surface area contributed by atoms with Crippen molar-refractivity contribution < 1.29 is 8.42 Å². The minimum Gasteiger partial charge on any atom is -0.268 e. The highest BCUT2D eigenvalue weighted by Gasteiger charge is 2.15. The van der Waals surface area contributed by atoms with Gasteiger partial charge in [-0.2, -0.15) is 5.10 Å². The summed E-state index contributed by atoms with van der Waals surface area (Å²) in [5.41, 5.74) is 1.85. The lowest BCUT2D eigenvalue weighted by molar-refractivity contribution is 0.540. The van der Waals surface area contributed by atoms with Crippen LogP contribution in [0.5, 0.6) is 0 Å². The second-order valence-electron chi connectivity index (χ2n) is 5.10. The molecule has 0 spiro atoms. The van der Waals surface area contributed by atoms with Crippen molar-refractivity contribution in [3.8, 4) is 0 Å². The summed E-state index contributed by atoms with van der Waals surface area (Å²) in [6.45, 7) is 2.43. The number of nitrogens with one attached hydrogen (secondary N) is 1. The SMILES string of the molecule is CCCCS(=O)(=O)NCCn1nc2c(cc1=O)CCC2. The molecule has 2 rings (SSSR count). The number of hydrogen-bond acceptors (Lipinski definition) is 4. The van der Waals surface area contributed by atoms with E-state index >= 15 is 0 Å². The van der Waals surface area contributed by atoms with Crippen LogP contribution in [0.1, 0.15) is 37.4 Å². The predicted molar refractivity (Wildman–Crippen MR) is 77.2 cm³/mol. The van der Waals surface area contributed by atoms with Crippen LogP contribution in [0.3, 0.4) is 0 Å². The molecule has 0 saturated carbocycles. The summed E-state index contributed by atoms with van der Waals surface area (Å²) < 4.78 is 27.1. The van der Waals surface area contributed by atoms with E-state index in [-0.39, 0.29) is 24.4 Å². The Kier molecular flexibility index (Phi) is 4.93. The highest BCUT2D eigenvalue weighted by molar-refractivity contribution is 7.89. The molecule has 1 aliphatic carbocycles. The van der Waals surface area contributed by atoms with Gasteiger partial charge < -0.3 is 0 Å².